The standard InChI is InChI=1S/C11H14FN3O2.ClH/c12-9-1-2-11(15(16)17)8(5-9)6-14-4-3-10(13)7-14;/h1-2,5,10H,3-4,6-7,13H2;1H/t10-;/m0./s1. The summed E-state index contributed by atoms with van der Waals surface area (Å²) < 4.78 is 13.1. The zero-order valence-corrected chi connectivity index (χ0v) is 10.5. The number of nitro benzene ring substituents is 1. The first-order valence-corrected chi connectivity index (χ1v) is 5.47. The molecule has 1 heterocycles. The van der Waals surface area contributed by atoms with Gasteiger partial charge in [0.15, 0.2) is 0 Å². The summed E-state index contributed by atoms with van der Waals surface area (Å²) in [6.45, 7) is 1.88. The Hall–Kier alpha value is -1.24. The van der Waals surface area contributed by atoms with E-state index < -0.39 is 10.7 Å². The zero-order chi connectivity index (χ0) is 12.4. The highest BCUT2D eigenvalue weighted by atomic mass is 35.5. The second-order valence-electron chi connectivity index (χ2n) is 4.31. The van der Waals surface area contributed by atoms with E-state index in [2.05, 4.69) is 0 Å². The molecule has 7 heteroatoms. The minimum Gasteiger partial charge on any atom is -0.326 e. The Morgan fingerprint density at radius 1 is 1.56 bits per heavy atom. The van der Waals surface area contributed by atoms with Crippen LogP contribution >= 0.6 is 12.4 Å². The van der Waals surface area contributed by atoms with E-state index in [4.69, 9.17) is 5.73 Å². The number of hydrogen-bond donors (Lipinski definition) is 1. The highest BCUT2D eigenvalue weighted by molar-refractivity contribution is 5.85. The molecule has 0 aromatic heterocycles. The summed E-state index contributed by atoms with van der Waals surface area (Å²) in [5, 5.41) is 10.8. The van der Waals surface area contributed by atoms with Crippen molar-refractivity contribution < 1.29 is 9.31 Å². The highest BCUT2D eigenvalue weighted by Crippen LogP contribution is 2.22. The molecule has 0 unspecified atom stereocenters. The summed E-state index contributed by atoms with van der Waals surface area (Å²) >= 11 is 0. The molecular formula is C11H15ClFN3O2. The van der Waals surface area contributed by atoms with Gasteiger partial charge in [-0.25, -0.2) is 4.39 Å². The number of hydrogen-bond acceptors (Lipinski definition) is 4. The third kappa shape index (κ3) is 3.38. The summed E-state index contributed by atoms with van der Waals surface area (Å²) in [7, 11) is 0. The van der Waals surface area contributed by atoms with Crippen molar-refractivity contribution in [2.45, 2.75) is 19.0 Å². The number of nitrogens with zero attached hydrogens (tertiary/aromatic N) is 2. The van der Waals surface area contributed by atoms with Gasteiger partial charge in [-0.3, -0.25) is 15.0 Å². The van der Waals surface area contributed by atoms with Gasteiger partial charge in [-0.1, -0.05) is 0 Å². The van der Waals surface area contributed by atoms with Crippen molar-refractivity contribution in [3.63, 3.8) is 0 Å². The SMILES string of the molecule is Cl.N[C@H]1CCN(Cc2cc(F)ccc2[N+](=O)[O-])C1. The van der Waals surface area contributed by atoms with E-state index in [1.54, 1.807) is 0 Å². The van der Waals surface area contributed by atoms with Crippen LogP contribution in [0.25, 0.3) is 0 Å². The van der Waals surface area contributed by atoms with E-state index in [1.165, 1.54) is 12.1 Å². The number of rotatable bonds is 3. The van der Waals surface area contributed by atoms with Crippen molar-refractivity contribution in [3.05, 3.63) is 39.7 Å². The minimum absolute atomic E-state index is 0. The molecule has 2 N–H and O–H groups in total. The first kappa shape index (κ1) is 14.8. The van der Waals surface area contributed by atoms with E-state index in [0.717, 1.165) is 19.0 Å². The Kier molecular flexibility index (Phi) is 5.01. The molecule has 1 aliphatic heterocycles. The van der Waals surface area contributed by atoms with Crippen LogP contribution in [0.2, 0.25) is 0 Å². The van der Waals surface area contributed by atoms with E-state index in [0.29, 0.717) is 18.7 Å². The van der Waals surface area contributed by atoms with Crippen LogP contribution in [-0.2, 0) is 6.54 Å². The molecule has 1 aliphatic rings. The average molecular weight is 276 g/mol. The van der Waals surface area contributed by atoms with Gasteiger partial charge in [0.05, 0.1) is 4.92 Å². The van der Waals surface area contributed by atoms with E-state index in [-0.39, 0.29) is 24.1 Å². The summed E-state index contributed by atoms with van der Waals surface area (Å²) in [6, 6.07) is 3.66. The Labute approximate surface area is 110 Å². The fourth-order valence-electron chi connectivity index (χ4n) is 2.11. The molecule has 0 saturated carbocycles. The predicted octanol–water partition coefficient (Wildman–Crippen LogP) is 1.69. The average Bonchev–Trinajstić information content (AvgIpc) is 2.63. The van der Waals surface area contributed by atoms with Crippen LogP contribution in [0.15, 0.2) is 18.2 Å². The number of nitro groups is 1. The van der Waals surface area contributed by atoms with Gasteiger partial charge in [-0.2, -0.15) is 0 Å². The molecule has 18 heavy (non-hydrogen) atoms. The van der Waals surface area contributed by atoms with Crippen LogP contribution in [0.3, 0.4) is 0 Å². The van der Waals surface area contributed by atoms with Crippen LogP contribution in [0, 0.1) is 15.9 Å². The normalized spacial score (nSPS) is 19.6. The summed E-state index contributed by atoms with van der Waals surface area (Å²) in [6.07, 6.45) is 0.878. The molecule has 2 rings (SSSR count). The predicted molar refractivity (Wildman–Crippen MR) is 68.2 cm³/mol. The first-order valence-electron chi connectivity index (χ1n) is 5.47. The van der Waals surface area contributed by atoms with Crippen molar-refractivity contribution in [1.29, 1.82) is 0 Å². The molecular weight excluding hydrogens is 261 g/mol. The highest BCUT2D eigenvalue weighted by Gasteiger charge is 2.22. The Bertz CT molecular complexity index is 444. The maximum absolute atomic E-state index is 13.1. The molecule has 100 valence electrons. The van der Waals surface area contributed by atoms with Crippen LogP contribution in [0.4, 0.5) is 10.1 Å². The van der Waals surface area contributed by atoms with Crippen molar-refractivity contribution in [3.8, 4) is 0 Å². The number of likely N-dealkylation sites (tertiary alicyclic amines) is 1. The van der Waals surface area contributed by atoms with Gasteiger partial charge >= 0.3 is 0 Å². The van der Waals surface area contributed by atoms with Gasteiger partial charge in [-0.05, 0) is 18.6 Å². The topological polar surface area (TPSA) is 72.4 Å². The molecule has 1 atom stereocenters. The molecule has 0 spiro atoms. The molecule has 0 amide bonds. The first-order chi connectivity index (χ1) is 8.06. The molecule has 1 fully saturated rings. The van der Waals surface area contributed by atoms with Crippen molar-refractivity contribution >= 4 is 18.1 Å². The number of nitrogens with two attached hydrogens (primary N) is 1. The third-order valence-corrected chi connectivity index (χ3v) is 2.94. The maximum atomic E-state index is 13.1. The Balaban J connectivity index is 0.00000162. The van der Waals surface area contributed by atoms with Gasteiger partial charge in [0.2, 0.25) is 0 Å². The molecule has 1 saturated heterocycles. The van der Waals surface area contributed by atoms with Crippen molar-refractivity contribution in [2.24, 2.45) is 5.73 Å². The number of benzene rings is 1. The second-order valence-corrected chi connectivity index (χ2v) is 4.31. The molecule has 0 aliphatic carbocycles. The summed E-state index contributed by atoms with van der Waals surface area (Å²) in [5.41, 5.74) is 6.13. The fourth-order valence-corrected chi connectivity index (χ4v) is 2.11. The maximum Gasteiger partial charge on any atom is 0.274 e. The van der Waals surface area contributed by atoms with Crippen molar-refractivity contribution in [1.82, 2.24) is 4.90 Å². The van der Waals surface area contributed by atoms with Gasteiger partial charge in [0.25, 0.3) is 5.69 Å². The van der Waals surface area contributed by atoms with Crippen LogP contribution < -0.4 is 5.73 Å². The summed E-state index contributed by atoms with van der Waals surface area (Å²) in [4.78, 5) is 12.3. The zero-order valence-electron chi connectivity index (χ0n) is 9.71. The van der Waals surface area contributed by atoms with E-state index in [9.17, 15) is 14.5 Å². The smallest absolute Gasteiger partial charge is 0.274 e. The van der Waals surface area contributed by atoms with E-state index in [1.807, 2.05) is 4.90 Å². The largest absolute Gasteiger partial charge is 0.326 e. The van der Waals surface area contributed by atoms with Gasteiger partial charge in [-0.15, -0.1) is 12.4 Å². The molecule has 0 radical (unpaired) electrons. The van der Waals surface area contributed by atoms with Gasteiger partial charge in [0, 0.05) is 37.3 Å². The van der Waals surface area contributed by atoms with Gasteiger partial charge < -0.3 is 5.73 Å². The Morgan fingerprint density at radius 3 is 2.83 bits per heavy atom. The summed E-state index contributed by atoms with van der Waals surface area (Å²) in [5.74, 6) is -0.450. The lowest BCUT2D eigenvalue weighted by molar-refractivity contribution is -0.385. The minimum atomic E-state index is -0.481. The van der Waals surface area contributed by atoms with Crippen molar-refractivity contribution in [2.75, 3.05) is 13.1 Å². The fraction of sp³-hybridized carbons (Fsp3) is 0.455. The van der Waals surface area contributed by atoms with E-state index >= 15 is 0 Å². The monoisotopic (exact) mass is 275 g/mol. The van der Waals surface area contributed by atoms with Gasteiger partial charge in [0.1, 0.15) is 5.82 Å². The molecule has 5 nitrogen and oxygen atoms in total. The second kappa shape index (κ2) is 6.08. The molecule has 0 bridgehead atoms. The van der Waals surface area contributed by atoms with Crippen LogP contribution in [0.1, 0.15) is 12.0 Å². The molecule has 1 aromatic carbocycles. The van der Waals surface area contributed by atoms with Crippen LogP contribution in [0.5, 0.6) is 0 Å². The lowest BCUT2D eigenvalue weighted by Crippen LogP contribution is -2.26. The quantitative estimate of drug-likeness (QED) is 0.673. The van der Waals surface area contributed by atoms with Crippen LogP contribution in [-0.4, -0.2) is 29.0 Å². The third-order valence-electron chi connectivity index (χ3n) is 2.94. The number of halogens is 2. The molecule has 1 aromatic rings. The lowest BCUT2D eigenvalue weighted by atomic mass is 10.1. The Morgan fingerprint density at radius 2 is 2.28 bits per heavy atom. The lowest BCUT2D eigenvalue weighted by Gasteiger charge is -2.15.